The first-order valence-corrected chi connectivity index (χ1v) is 6.51. The highest BCUT2D eigenvalue weighted by molar-refractivity contribution is 5.42. The standard InChI is InChI=1S/C16H20N2O/c1-11-8-14(9-12(2)16(11)19)10-18-13(3)15-6-4-5-7-17-15/h4-9,13,18-19H,10H2,1-3H3/t13-/m0/s1. The van der Waals surface area contributed by atoms with Gasteiger partial charge in [0, 0.05) is 18.8 Å². The Kier molecular flexibility index (Phi) is 4.17. The van der Waals surface area contributed by atoms with Crippen LogP contribution in [0.2, 0.25) is 0 Å². The molecule has 2 N–H and O–H groups in total. The third kappa shape index (κ3) is 3.32. The molecule has 100 valence electrons. The van der Waals surface area contributed by atoms with Crippen LogP contribution in [0, 0.1) is 13.8 Å². The molecule has 3 nitrogen and oxygen atoms in total. The molecule has 1 heterocycles. The highest BCUT2D eigenvalue weighted by Gasteiger charge is 2.07. The SMILES string of the molecule is Cc1cc(CN[C@@H](C)c2ccccn2)cc(C)c1O. The smallest absolute Gasteiger partial charge is 0.121 e. The third-order valence-corrected chi connectivity index (χ3v) is 3.29. The molecule has 0 saturated heterocycles. The number of phenolic OH excluding ortho intramolecular Hbond substituents is 1. The second-order valence-corrected chi connectivity index (χ2v) is 4.94. The van der Waals surface area contributed by atoms with Crippen LogP contribution in [-0.2, 0) is 6.54 Å². The van der Waals surface area contributed by atoms with E-state index in [-0.39, 0.29) is 6.04 Å². The number of aryl methyl sites for hydroxylation is 2. The molecular weight excluding hydrogens is 236 g/mol. The average Bonchev–Trinajstić information content (AvgIpc) is 2.43. The lowest BCUT2D eigenvalue weighted by atomic mass is 10.1. The van der Waals surface area contributed by atoms with Crippen LogP contribution < -0.4 is 5.32 Å². The van der Waals surface area contributed by atoms with Gasteiger partial charge in [0.15, 0.2) is 0 Å². The summed E-state index contributed by atoms with van der Waals surface area (Å²) in [5.41, 5.74) is 4.05. The Bertz CT molecular complexity index is 529. The summed E-state index contributed by atoms with van der Waals surface area (Å²) >= 11 is 0. The molecule has 0 aliphatic rings. The van der Waals surface area contributed by atoms with Gasteiger partial charge in [-0.15, -0.1) is 0 Å². The Hall–Kier alpha value is -1.87. The third-order valence-electron chi connectivity index (χ3n) is 3.29. The first-order chi connectivity index (χ1) is 9.08. The van der Waals surface area contributed by atoms with E-state index in [0.717, 1.165) is 23.4 Å². The lowest BCUT2D eigenvalue weighted by Crippen LogP contribution is -2.19. The van der Waals surface area contributed by atoms with E-state index < -0.39 is 0 Å². The predicted octanol–water partition coefficient (Wildman–Crippen LogP) is 3.25. The molecule has 1 atom stereocenters. The minimum atomic E-state index is 0.204. The van der Waals surface area contributed by atoms with Crippen molar-refractivity contribution in [1.29, 1.82) is 0 Å². The number of pyridine rings is 1. The molecule has 0 fully saturated rings. The lowest BCUT2D eigenvalue weighted by Gasteiger charge is -2.14. The van der Waals surface area contributed by atoms with E-state index in [1.165, 1.54) is 5.56 Å². The summed E-state index contributed by atoms with van der Waals surface area (Å²) in [5, 5.41) is 13.2. The van der Waals surface area contributed by atoms with Gasteiger partial charge in [0.2, 0.25) is 0 Å². The zero-order valence-electron chi connectivity index (χ0n) is 11.6. The molecule has 0 aliphatic heterocycles. The van der Waals surface area contributed by atoms with E-state index in [1.807, 2.05) is 50.4 Å². The van der Waals surface area contributed by atoms with Crippen molar-refractivity contribution in [3.63, 3.8) is 0 Å². The number of benzene rings is 1. The Morgan fingerprint density at radius 2 is 1.89 bits per heavy atom. The van der Waals surface area contributed by atoms with Gasteiger partial charge >= 0.3 is 0 Å². The van der Waals surface area contributed by atoms with Gasteiger partial charge in [-0.05, 0) is 49.6 Å². The van der Waals surface area contributed by atoms with E-state index in [4.69, 9.17) is 0 Å². The number of hydrogen-bond donors (Lipinski definition) is 2. The van der Waals surface area contributed by atoms with Crippen LogP contribution in [0.1, 0.15) is 35.3 Å². The maximum Gasteiger partial charge on any atom is 0.121 e. The fourth-order valence-corrected chi connectivity index (χ4v) is 2.16. The molecule has 1 aromatic carbocycles. The van der Waals surface area contributed by atoms with Gasteiger partial charge in [0.1, 0.15) is 5.75 Å². The van der Waals surface area contributed by atoms with E-state index in [9.17, 15) is 5.11 Å². The van der Waals surface area contributed by atoms with Crippen LogP contribution in [0.15, 0.2) is 36.5 Å². The molecule has 3 heteroatoms. The summed E-state index contributed by atoms with van der Waals surface area (Å²) in [4.78, 5) is 4.34. The molecule has 0 aliphatic carbocycles. The minimum Gasteiger partial charge on any atom is -0.507 e. The maximum atomic E-state index is 9.76. The quantitative estimate of drug-likeness (QED) is 0.882. The van der Waals surface area contributed by atoms with E-state index in [2.05, 4.69) is 17.2 Å². The molecule has 0 saturated carbocycles. The molecule has 2 rings (SSSR count). The average molecular weight is 256 g/mol. The second kappa shape index (κ2) is 5.85. The van der Waals surface area contributed by atoms with Crippen molar-refractivity contribution in [2.75, 3.05) is 0 Å². The van der Waals surface area contributed by atoms with Crippen LogP contribution in [0.25, 0.3) is 0 Å². The molecule has 2 aromatic rings. The number of aromatic hydroxyl groups is 1. The second-order valence-electron chi connectivity index (χ2n) is 4.94. The largest absolute Gasteiger partial charge is 0.507 e. The molecule has 0 unspecified atom stereocenters. The number of aromatic nitrogens is 1. The van der Waals surface area contributed by atoms with E-state index in [0.29, 0.717) is 5.75 Å². The van der Waals surface area contributed by atoms with Crippen LogP contribution >= 0.6 is 0 Å². The summed E-state index contributed by atoms with van der Waals surface area (Å²) in [6.07, 6.45) is 1.81. The summed E-state index contributed by atoms with van der Waals surface area (Å²) in [5.74, 6) is 0.390. The monoisotopic (exact) mass is 256 g/mol. The van der Waals surface area contributed by atoms with Crippen molar-refractivity contribution >= 4 is 0 Å². The normalized spacial score (nSPS) is 12.4. The molecule has 0 spiro atoms. The summed E-state index contributed by atoms with van der Waals surface area (Å²) in [6, 6.07) is 10.2. The number of hydrogen-bond acceptors (Lipinski definition) is 3. The first-order valence-electron chi connectivity index (χ1n) is 6.51. The van der Waals surface area contributed by atoms with Crippen molar-refractivity contribution in [3.05, 3.63) is 58.9 Å². The Morgan fingerprint density at radius 1 is 1.21 bits per heavy atom. The topological polar surface area (TPSA) is 45.2 Å². The van der Waals surface area contributed by atoms with Gasteiger partial charge in [-0.2, -0.15) is 0 Å². The number of nitrogens with one attached hydrogen (secondary N) is 1. The molecule has 0 amide bonds. The Labute approximate surface area is 114 Å². The van der Waals surface area contributed by atoms with Crippen LogP contribution in [0.5, 0.6) is 5.75 Å². The lowest BCUT2D eigenvalue weighted by molar-refractivity contribution is 0.466. The molecule has 0 radical (unpaired) electrons. The van der Waals surface area contributed by atoms with Gasteiger partial charge < -0.3 is 10.4 Å². The van der Waals surface area contributed by atoms with Crippen LogP contribution in [0.4, 0.5) is 0 Å². The van der Waals surface area contributed by atoms with Gasteiger partial charge in [-0.3, -0.25) is 4.98 Å². The van der Waals surface area contributed by atoms with Gasteiger partial charge in [0.05, 0.1) is 5.69 Å². The van der Waals surface area contributed by atoms with Crippen LogP contribution in [-0.4, -0.2) is 10.1 Å². The predicted molar refractivity (Wildman–Crippen MR) is 77.1 cm³/mol. The van der Waals surface area contributed by atoms with Gasteiger partial charge in [-0.1, -0.05) is 18.2 Å². The van der Waals surface area contributed by atoms with Gasteiger partial charge in [0.25, 0.3) is 0 Å². The van der Waals surface area contributed by atoms with Crippen molar-refractivity contribution in [2.24, 2.45) is 0 Å². The van der Waals surface area contributed by atoms with Crippen molar-refractivity contribution in [3.8, 4) is 5.75 Å². The molecular formula is C16H20N2O. The maximum absolute atomic E-state index is 9.76. The Balaban J connectivity index is 2.03. The fourth-order valence-electron chi connectivity index (χ4n) is 2.16. The number of rotatable bonds is 4. The number of phenols is 1. The summed E-state index contributed by atoms with van der Waals surface area (Å²) in [7, 11) is 0. The van der Waals surface area contributed by atoms with Gasteiger partial charge in [-0.25, -0.2) is 0 Å². The van der Waals surface area contributed by atoms with Crippen molar-refractivity contribution in [2.45, 2.75) is 33.4 Å². The highest BCUT2D eigenvalue weighted by atomic mass is 16.3. The molecule has 0 bridgehead atoms. The van der Waals surface area contributed by atoms with E-state index in [1.54, 1.807) is 0 Å². The molecule has 19 heavy (non-hydrogen) atoms. The van der Waals surface area contributed by atoms with Crippen molar-refractivity contribution in [1.82, 2.24) is 10.3 Å². The first kappa shape index (κ1) is 13.6. The summed E-state index contributed by atoms with van der Waals surface area (Å²) < 4.78 is 0. The highest BCUT2D eigenvalue weighted by Crippen LogP contribution is 2.23. The fraction of sp³-hybridized carbons (Fsp3) is 0.312. The van der Waals surface area contributed by atoms with E-state index >= 15 is 0 Å². The zero-order valence-corrected chi connectivity index (χ0v) is 11.6. The number of nitrogens with zero attached hydrogens (tertiary/aromatic N) is 1. The summed E-state index contributed by atoms with van der Waals surface area (Å²) in [6.45, 7) is 6.71. The van der Waals surface area contributed by atoms with Crippen LogP contribution in [0.3, 0.4) is 0 Å². The Morgan fingerprint density at radius 3 is 2.47 bits per heavy atom. The van der Waals surface area contributed by atoms with Crippen molar-refractivity contribution < 1.29 is 5.11 Å². The zero-order chi connectivity index (χ0) is 13.8. The molecule has 1 aromatic heterocycles. The minimum absolute atomic E-state index is 0.204.